The topological polar surface area (TPSA) is 50.4 Å². The van der Waals surface area contributed by atoms with E-state index in [4.69, 9.17) is 4.74 Å². The van der Waals surface area contributed by atoms with E-state index in [2.05, 4.69) is 17.6 Å². The first-order valence-corrected chi connectivity index (χ1v) is 7.36. The van der Waals surface area contributed by atoms with Crippen LogP contribution < -0.4 is 10.6 Å². The quantitative estimate of drug-likeness (QED) is 0.868. The number of anilines is 1. The van der Waals surface area contributed by atoms with Crippen molar-refractivity contribution in [2.24, 2.45) is 5.92 Å². The van der Waals surface area contributed by atoms with Gasteiger partial charge in [-0.3, -0.25) is 4.79 Å². The van der Waals surface area contributed by atoms with Gasteiger partial charge in [0.15, 0.2) is 0 Å². The van der Waals surface area contributed by atoms with Gasteiger partial charge in [-0.25, -0.2) is 0 Å². The van der Waals surface area contributed by atoms with Gasteiger partial charge in [0.25, 0.3) is 0 Å². The maximum Gasteiger partial charge on any atom is 0.241 e. The molecule has 0 aliphatic carbocycles. The maximum absolute atomic E-state index is 12.1. The SMILES string of the molecule is CC(NC(C)C1CCOCC1)C(=O)Nc1ccccc1. The van der Waals surface area contributed by atoms with Gasteiger partial charge in [0, 0.05) is 24.9 Å². The molecule has 2 N–H and O–H groups in total. The molecule has 1 heterocycles. The van der Waals surface area contributed by atoms with E-state index in [1.165, 1.54) is 0 Å². The first-order chi connectivity index (χ1) is 9.66. The predicted octanol–water partition coefficient (Wildman–Crippen LogP) is 2.42. The first kappa shape index (κ1) is 15.0. The highest BCUT2D eigenvalue weighted by atomic mass is 16.5. The number of rotatable bonds is 5. The van der Waals surface area contributed by atoms with Gasteiger partial charge in [0.1, 0.15) is 0 Å². The largest absolute Gasteiger partial charge is 0.381 e. The number of benzene rings is 1. The van der Waals surface area contributed by atoms with Crippen LogP contribution in [-0.4, -0.2) is 31.2 Å². The molecule has 1 fully saturated rings. The number of hydrogen-bond acceptors (Lipinski definition) is 3. The summed E-state index contributed by atoms with van der Waals surface area (Å²) < 4.78 is 5.37. The van der Waals surface area contributed by atoms with Crippen molar-refractivity contribution in [3.8, 4) is 0 Å². The van der Waals surface area contributed by atoms with Gasteiger partial charge >= 0.3 is 0 Å². The number of amides is 1. The second-order valence-corrected chi connectivity index (χ2v) is 5.48. The minimum Gasteiger partial charge on any atom is -0.381 e. The van der Waals surface area contributed by atoms with Crippen LogP contribution in [0.15, 0.2) is 30.3 Å². The molecule has 0 radical (unpaired) electrons. The molecule has 110 valence electrons. The number of carbonyl (C=O) groups is 1. The summed E-state index contributed by atoms with van der Waals surface area (Å²) in [5, 5.41) is 6.33. The summed E-state index contributed by atoms with van der Waals surface area (Å²) in [7, 11) is 0. The highest BCUT2D eigenvalue weighted by Gasteiger charge is 2.23. The van der Waals surface area contributed by atoms with Gasteiger partial charge in [0.2, 0.25) is 5.91 Å². The minimum atomic E-state index is -0.201. The van der Waals surface area contributed by atoms with Crippen molar-refractivity contribution in [3.05, 3.63) is 30.3 Å². The molecular formula is C16H24N2O2. The third-order valence-electron chi connectivity index (χ3n) is 3.92. The number of ether oxygens (including phenoxy) is 1. The van der Waals surface area contributed by atoms with Gasteiger partial charge < -0.3 is 15.4 Å². The van der Waals surface area contributed by atoms with Crippen LogP contribution >= 0.6 is 0 Å². The smallest absolute Gasteiger partial charge is 0.241 e. The summed E-state index contributed by atoms with van der Waals surface area (Å²) in [6.07, 6.45) is 2.14. The Morgan fingerprint density at radius 3 is 2.50 bits per heavy atom. The molecule has 1 aromatic carbocycles. The Morgan fingerprint density at radius 2 is 1.85 bits per heavy atom. The van der Waals surface area contributed by atoms with Crippen molar-refractivity contribution < 1.29 is 9.53 Å². The van der Waals surface area contributed by atoms with Gasteiger partial charge in [-0.2, -0.15) is 0 Å². The molecule has 1 aliphatic rings. The molecule has 0 aromatic heterocycles. The molecule has 4 heteroatoms. The number of para-hydroxylation sites is 1. The molecule has 0 saturated carbocycles. The van der Waals surface area contributed by atoms with Crippen LogP contribution in [0.4, 0.5) is 5.69 Å². The zero-order chi connectivity index (χ0) is 14.4. The van der Waals surface area contributed by atoms with E-state index in [0.717, 1.165) is 31.7 Å². The van der Waals surface area contributed by atoms with E-state index in [9.17, 15) is 4.79 Å². The summed E-state index contributed by atoms with van der Waals surface area (Å²) in [5.41, 5.74) is 0.838. The van der Waals surface area contributed by atoms with E-state index in [1.807, 2.05) is 37.3 Å². The molecule has 1 amide bonds. The van der Waals surface area contributed by atoms with Crippen LogP contribution in [0.2, 0.25) is 0 Å². The third-order valence-corrected chi connectivity index (χ3v) is 3.92. The zero-order valence-corrected chi connectivity index (χ0v) is 12.3. The van der Waals surface area contributed by atoms with Gasteiger partial charge in [0.05, 0.1) is 6.04 Å². The predicted molar refractivity (Wildman–Crippen MR) is 80.7 cm³/mol. The summed E-state index contributed by atoms with van der Waals surface area (Å²) in [6, 6.07) is 9.68. The molecule has 4 nitrogen and oxygen atoms in total. The lowest BCUT2D eigenvalue weighted by Crippen LogP contribution is -2.46. The highest BCUT2D eigenvalue weighted by molar-refractivity contribution is 5.94. The third kappa shape index (κ3) is 4.32. The fourth-order valence-electron chi connectivity index (χ4n) is 2.59. The fraction of sp³-hybridized carbons (Fsp3) is 0.562. The van der Waals surface area contributed by atoms with Crippen molar-refractivity contribution in [1.29, 1.82) is 0 Å². The summed E-state index contributed by atoms with van der Waals surface area (Å²) in [4.78, 5) is 12.1. The fourth-order valence-corrected chi connectivity index (χ4v) is 2.59. The number of hydrogen-bond donors (Lipinski definition) is 2. The lowest BCUT2D eigenvalue weighted by Gasteiger charge is -2.30. The van der Waals surface area contributed by atoms with Crippen LogP contribution in [0.1, 0.15) is 26.7 Å². The van der Waals surface area contributed by atoms with Crippen LogP contribution in [0, 0.1) is 5.92 Å². The molecule has 1 saturated heterocycles. The molecule has 2 unspecified atom stereocenters. The monoisotopic (exact) mass is 276 g/mol. The molecule has 0 spiro atoms. The molecular weight excluding hydrogens is 252 g/mol. The van der Waals surface area contributed by atoms with E-state index >= 15 is 0 Å². The Morgan fingerprint density at radius 1 is 1.20 bits per heavy atom. The highest BCUT2D eigenvalue weighted by Crippen LogP contribution is 2.19. The molecule has 1 aromatic rings. The van der Waals surface area contributed by atoms with E-state index in [-0.39, 0.29) is 11.9 Å². The first-order valence-electron chi connectivity index (χ1n) is 7.36. The minimum absolute atomic E-state index is 0.00936. The molecule has 20 heavy (non-hydrogen) atoms. The van der Waals surface area contributed by atoms with Crippen LogP contribution in [0.3, 0.4) is 0 Å². The second kappa shape index (κ2) is 7.41. The van der Waals surface area contributed by atoms with E-state index in [1.54, 1.807) is 0 Å². The lowest BCUT2D eigenvalue weighted by molar-refractivity contribution is -0.118. The van der Waals surface area contributed by atoms with Crippen LogP contribution in [0.25, 0.3) is 0 Å². The van der Waals surface area contributed by atoms with Crippen LogP contribution in [0.5, 0.6) is 0 Å². The van der Waals surface area contributed by atoms with Gasteiger partial charge in [-0.05, 0) is 44.7 Å². The van der Waals surface area contributed by atoms with Crippen LogP contribution in [-0.2, 0) is 9.53 Å². The average molecular weight is 276 g/mol. The lowest BCUT2D eigenvalue weighted by atomic mass is 9.92. The number of nitrogens with one attached hydrogen (secondary N) is 2. The van der Waals surface area contributed by atoms with Crippen molar-refractivity contribution in [2.45, 2.75) is 38.8 Å². The Labute approximate surface area is 120 Å². The van der Waals surface area contributed by atoms with E-state index in [0.29, 0.717) is 12.0 Å². The Hall–Kier alpha value is -1.39. The van der Waals surface area contributed by atoms with Crippen molar-refractivity contribution in [3.63, 3.8) is 0 Å². The molecule has 2 atom stereocenters. The second-order valence-electron chi connectivity index (χ2n) is 5.48. The summed E-state index contributed by atoms with van der Waals surface area (Å²) in [6.45, 7) is 5.74. The van der Waals surface area contributed by atoms with Crippen molar-refractivity contribution in [1.82, 2.24) is 5.32 Å². The zero-order valence-electron chi connectivity index (χ0n) is 12.3. The molecule has 1 aliphatic heterocycles. The van der Waals surface area contributed by atoms with E-state index < -0.39 is 0 Å². The Kier molecular flexibility index (Phi) is 5.56. The van der Waals surface area contributed by atoms with Gasteiger partial charge in [-0.1, -0.05) is 18.2 Å². The Bertz CT molecular complexity index is 416. The number of carbonyl (C=O) groups excluding carboxylic acids is 1. The Balaban J connectivity index is 1.81. The molecule has 2 rings (SSSR count). The average Bonchev–Trinajstić information content (AvgIpc) is 2.49. The van der Waals surface area contributed by atoms with Gasteiger partial charge in [-0.15, -0.1) is 0 Å². The van der Waals surface area contributed by atoms with Crippen molar-refractivity contribution >= 4 is 11.6 Å². The maximum atomic E-state index is 12.1. The standard InChI is InChI=1S/C16H24N2O2/c1-12(14-8-10-20-11-9-14)17-13(2)16(19)18-15-6-4-3-5-7-15/h3-7,12-14,17H,8-11H2,1-2H3,(H,18,19). The molecule has 0 bridgehead atoms. The normalized spacial score (nSPS) is 19.3. The summed E-state index contributed by atoms with van der Waals surface area (Å²) in [5.74, 6) is 0.603. The summed E-state index contributed by atoms with van der Waals surface area (Å²) >= 11 is 0. The van der Waals surface area contributed by atoms with Crippen molar-refractivity contribution in [2.75, 3.05) is 18.5 Å².